The first-order valence-electron chi connectivity index (χ1n) is 11.7. The Morgan fingerprint density at radius 1 is 1.14 bits per heavy atom. The molecule has 0 fully saturated rings. The number of hydrogen-bond acceptors (Lipinski definition) is 5. The Kier molecular flexibility index (Phi) is 5.30. The standard InChI is InChI=1S/C28H23ClN4O3/c1-4-24-30-26-21(29)11-15(2)12-22(26)33(24)18-9-10-19-17(13-18)14-35-23-8-6-5-7-20(23)25(19)16(3)27-31-28(34)36-32-27/h5-13H,4,14H2,1-3H3,(H,31,32,34)/b25-16+. The van der Waals surface area contributed by atoms with E-state index in [1.165, 1.54) is 0 Å². The van der Waals surface area contributed by atoms with Crippen LogP contribution in [-0.2, 0) is 13.0 Å². The van der Waals surface area contributed by atoms with Gasteiger partial charge in [0, 0.05) is 23.2 Å². The van der Waals surface area contributed by atoms with E-state index in [1.54, 1.807) is 0 Å². The van der Waals surface area contributed by atoms with Crippen LogP contribution in [0.4, 0.5) is 0 Å². The molecule has 0 atom stereocenters. The van der Waals surface area contributed by atoms with Crippen molar-refractivity contribution < 1.29 is 9.26 Å². The average Bonchev–Trinajstić information content (AvgIpc) is 3.43. The van der Waals surface area contributed by atoms with Gasteiger partial charge in [-0.3, -0.25) is 14.1 Å². The topological polar surface area (TPSA) is 85.9 Å². The summed E-state index contributed by atoms with van der Waals surface area (Å²) < 4.78 is 13.2. The first-order chi connectivity index (χ1) is 17.4. The Balaban J connectivity index is 1.60. The predicted octanol–water partition coefficient (Wildman–Crippen LogP) is 6.10. The maximum atomic E-state index is 11.7. The van der Waals surface area contributed by atoms with Gasteiger partial charge in [0.15, 0.2) is 5.82 Å². The van der Waals surface area contributed by atoms with Crippen LogP contribution >= 0.6 is 11.6 Å². The highest BCUT2D eigenvalue weighted by molar-refractivity contribution is 6.35. The second kappa shape index (κ2) is 8.53. The zero-order valence-electron chi connectivity index (χ0n) is 20.1. The quantitative estimate of drug-likeness (QED) is 0.325. The van der Waals surface area contributed by atoms with Gasteiger partial charge in [-0.15, -0.1) is 0 Å². The summed E-state index contributed by atoms with van der Waals surface area (Å²) >= 11 is 6.55. The van der Waals surface area contributed by atoms with Crippen LogP contribution in [0.5, 0.6) is 5.75 Å². The number of allylic oxidation sites excluding steroid dienone is 1. The number of fused-ring (bicyclic) bond motifs is 3. The minimum Gasteiger partial charge on any atom is -0.488 e. The molecular weight excluding hydrogens is 476 g/mol. The van der Waals surface area contributed by atoms with Gasteiger partial charge >= 0.3 is 5.76 Å². The van der Waals surface area contributed by atoms with Crippen LogP contribution in [0.1, 0.15) is 47.8 Å². The number of aromatic amines is 1. The summed E-state index contributed by atoms with van der Waals surface area (Å²) in [7, 11) is 0. The number of benzene rings is 3. The lowest BCUT2D eigenvalue weighted by molar-refractivity contribution is 0.307. The molecule has 180 valence electrons. The second-order valence-corrected chi connectivity index (χ2v) is 9.31. The molecule has 6 rings (SSSR count). The number of halogens is 1. The smallest absolute Gasteiger partial charge is 0.439 e. The zero-order chi connectivity index (χ0) is 25.0. The largest absolute Gasteiger partial charge is 0.488 e. The molecule has 1 N–H and O–H groups in total. The average molecular weight is 499 g/mol. The fourth-order valence-corrected chi connectivity index (χ4v) is 5.25. The van der Waals surface area contributed by atoms with Crippen molar-refractivity contribution in [2.45, 2.75) is 33.8 Å². The lowest BCUT2D eigenvalue weighted by Crippen LogP contribution is -2.04. The molecular formula is C28H23ClN4O3. The molecule has 3 heterocycles. The van der Waals surface area contributed by atoms with Gasteiger partial charge in [0.1, 0.15) is 23.7 Å². The Bertz CT molecular complexity index is 1740. The summed E-state index contributed by atoms with van der Waals surface area (Å²) in [6.45, 7) is 6.43. The van der Waals surface area contributed by atoms with E-state index in [4.69, 9.17) is 25.8 Å². The number of nitrogens with one attached hydrogen (secondary N) is 1. The summed E-state index contributed by atoms with van der Waals surface area (Å²) in [5.74, 6) is 1.50. The highest BCUT2D eigenvalue weighted by Crippen LogP contribution is 2.41. The predicted molar refractivity (Wildman–Crippen MR) is 140 cm³/mol. The fraction of sp³-hybridized carbons (Fsp3) is 0.179. The van der Waals surface area contributed by atoms with E-state index in [2.05, 4.69) is 45.9 Å². The van der Waals surface area contributed by atoms with Gasteiger partial charge in [-0.05, 0) is 66.4 Å². The number of imidazole rings is 1. The van der Waals surface area contributed by atoms with E-state index < -0.39 is 5.76 Å². The third-order valence-electron chi connectivity index (χ3n) is 6.57. The highest BCUT2D eigenvalue weighted by Gasteiger charge is 2.24. The van der Waals surface area contributed by atoms with Crippen LogP contribution < -0.4 is 10.5 Å². The number of aromatic nitrogens is 4. The van der Waals surface area contributed by atoms with Crippen molar-refractivity contribution in [1.82, 2.24) is 19.7 Å². The lowest BCUT2D eigenvalue weighted by atomic mass is 9.90. The first-order valence-corrected chi connectivity index (χ1v) is 12.1. The third kappa shape index (κ3) is 3.55. The lowest BCUT2D eigenvalue weighted by Gasteiger charge is -2.15. The molecule has 2 aromatic heterocycles. The summed E-state index contributed by atoms with van der Waals surface area (Å²) in [6.07, 6.45) is 0.757. The fourth-order valence-electron chi connectivity index (χ4n) is 4.94. The number of aryl methyl sites for hydroxylation is 2. The van der Waals surface area contributed by atoms with E-state index in [-0.39, 0.29) is 0 Å². The summed E-state index contributed by atoms with van der Waals surface area (Å²) in [5, 5.41) is 4.58. The van der Waals surface area contributed by atoms with Crippen LogP contribution in [0.15, 0.2) is 63.9 Å². The Morgan fingerprint density at radius 2 is 1.97 bits per heavy atom. The van der Waals surface area contributed by atoms with Gasteiger partial charge in [0.05, 0.1) is 10.5 Å². The molecule has 0 amide bonds. The van der Waals surface area contributed by atoms with Gasteiger partial charge in [0.2, 0.25) is 0 Å². The summed E-state index contributed by atoms with van der Waals surface area (Å²) in [6, 6.07) is 18.2. The Morgan fingerprint density at radius 3 is 2.75 bits per heavy atom. The minimum atomic E-state index is -0.591. The zero-order valence-corrected chi connectivity index (χ0v) is 20.8. The van der Waals surface area contributed by atoms with E-state index in [1.807, 2.05) is 44.2 Å². The third-order valence-corrected chi connectivity index (χ3v) is 6.86. The van der Waals surface area contributed by atoms with Gasteiger partial charge < -0.3 is 4.74 Å². The van der Waals surface area contributed by atoms with Gasteiger partial charge in [0.25, 0.3) is 0 Å². The second-order valence-electron chi connectivity index (χ2n) is 8.90. The van der Waals surface area contributed by atoms with Crippen LogP contribution in [-0.4, -0.2) is 19.7 Å². The molecule has 1 aliphatic heterocycles. The van der Waals surface area contributed by atoms with Crippen molar-refractivity contribution in [3.05, 3.63) is 104 Å². The van der Waals surface area contributed by atoms with Crippen LogP contribution in [0.3, 0.4) is 0 Å². The molecule has 0 radical (unpaired) electrons. The van der Waals surface area contributed by atoms with Crippen LogP contribution in [0, 0.1) is 6.92 Å². The maximum Gasteiger partial charge on any atom is 0.439 e. The van der Waals surface area contributed by atoms with Crippen molar-refractivity contribution in [2.75, 3.05) is 0 Å². The number of ether oxygens (including phenoxy) is 1. The molecule has 0 spiro atoms. The Hall–Kier alpha value is -4.10. The van der Waals surface area contributed by atoms with Crippen molar-refractivity contribution in [1.29, 1.82) is 0 Å². The molecule has 8 heteroatoms. The number of H-pyrrole nitrogens is 1. The number of rotatable bonds is 3. The minimum absolute atomic E-state index is 0.389. The molecule has 1 aliphatic rings. The number of nitrogens with zero attached hydrogens (tertiary/aromatic N) is 3. The molecule has 0 saturated carbocycles. The van der Waals surface area contributed by atoms with Gasteiger partial charge in [-0.1, -0.05) is 47.9 Å². The van der Waals surface area contributed by atoms with E-state index in [0.29, 0.717) is 17.5 Å². The van der Waals surface area contributed by atoms with E-state index in [9.17, 15) is 4.79 Å². The molecule has 3 aromatic carbocycles. The molecule has 7 nitrogen and oxygen atoms in total. The summed E-state index contributed by atoms with van der Waals surface area (Å²) in [4.78, 5) is 19.2. The van der Waals surface area contributed by atoms with Gasteiger partial charge in [-0.2, -0.15) is 0 Å². The SMILES string of the molecule is CCc1nc2c(Cl)cc(C)cc2n1-c1ccc2c(c1)COc1ccccc1/C2=C(\C)c1noc(=O)[nH]1. The normalized spacial score (nSPS) is 14.2. The molecule has 36 heavy (non-hydrogen) atoms. The van der Waals surface area contributed by atoms with Crippen molar-refractivity contribution >= 4 is 33.8 Å². The number of hydrogen-bond donors (Lipinski definition) is 1. The molecule has 0 unspecified atom stereocenters. The molecule has 0 aliphatic carbocycles. The van der Waals surface area contributed by atoms with Crippen molar-refractivity contribution in [2.24, 2.45) is 0 Å². The molecule has 5 aromatic rings. The van der Waals surface area contributed by atoms with Crippen molar-refractivity contribution in [3.63, 3.8) is 0 Å². The van der Waals surface area contributed by atoms with E-state index in [0.717, 1.165) is 68.1 Å². The summed E-state index contributed by atoms with van der Waals surface area (Å²) in [5.41, 5.74) is 8.48. The van der Waals surface area contributed by atoms with Crippen LogP contribution in [0.2, 0.25) is 5.02 Å². The first kappa shape index (κ1) is 22.4. The highest BCUT2D eigenvalue weighted by atomic mass is 35.5. The van der Waals surface area contributed by atoms with Crippen LogP contribution in [0.25, 0.3) is 27.9 Å². The molecule has 0 bridgehead atoms. The Labute approximate surface area is 212 Å². The molecule has 0 saturated heterocycles. The van der Waals surface area contributed by atoms with E-state index >= 15 is 0 Å². The number of para-hydroxylation sites is 1. The maximum absolute atomic E-state index is 11.7. The van der Waals surface area contributed by atoms with Gasteiger partial charge in [-0.25, -0.2) is 9.78 Å². The van der Waals surface area contributed by atoms with Crippen molar-refractivity contribution in [3.8, 4) is 11.4 Å². The monoisotopic (exact) mass is 498 g/mol.